The third kappa shape index (κ3) is 2.80. The van der Waals surface area contributed by atoms with Gasteiger partial charge in [0.2, 0.25) is 5.91 Å². The summed E-state index contributed by atoms with van der Waals surface area (Å²) in [5, 5.41) is 11.9. The monoisotopic (exact) mass is 248 g/mol. The predicted molar refractivity (Wildman–Crippen MR) is 65.6 cm³/mol. The van der Waals surface area contributed by atoms with Crippen molar-refractivity contribution < 1.29 is 14.7 Å². The molecule has 18 heavy (non-hydrogen) atoms. The van der Waals surface area contributed by atoms with Crippen LogP contribution in [0.15, 0.2) is 30.6 Å². The molecule has 96 valence electrons. The van der Waals surface area contributed by atoms with Gasteiger partial charge in [-0.2, -0.15) is 0 Å². The van der Waals surface area contributed by atoms with E-state index in [1.54, 1.807) is 12.4 Å². The second kappa shape index (κ2) is 5.53. The third-order valence-electron chi connectivity index (χ3n) is 3.22. The molecule has 3 N–H and O–H groups in total. The topological polar surface area (TPSA) is 82.2 Å². The molecule has 5 nitrogen and oxygen atoms in total. The highest BCUT2D eigenvalue weighted by Gasteiger charge is 2.33. The number of rotatable bonds is 4. The average Bonchev–Trinajstić information content (AvgIpc) is 2.89. The minimum Gasteiger partial charge on any atom is -0.481 e. The number of H-pyrrole nitrogens is 1. The van der Waals surface area contributed by atoms with Crippen LogP contribution in [0.25, 0.3) is 0 Å². The van der Waals surface area contributed by atoms with Crippen LogP contribution >= 0.6 is 0 Å². The Kier molecular flexibility index (Phi) is 3.82. The van der Waals surface area contributed by atoms with Gasteiger partial charge in [-0.3, -0.25) is 9.59 Å². The highest BCUT2D eigenvalue weighted by atomic mass is 16.4. The summed E-state index contributed by atoms with van der Waals surface area (Å²) in [4.78, 5) is 26.0. The molecule has 1 heterocycles. The van der Waals surface area contributed by atoms with Crippen molar-refractivity contribution in [2.24, 2.45) is 11.8 Å². The number of carbonyl (C=O) groups is 2. The van der Waals surface area contributed by atoms with Crippen LogP contribution in [0.4, 0.5) is 0 Å². The number of hydrogen-bond acceptors (Lipinski definition) is 2. The molecule has 0 radical (unpaired) electrons. The maximum atomic E-state index is 12.0. The van der Waals surface area contributed by atoms with E-state index in [4.69, 9.17) is 5.11 Å². The van der Waals surface area contributed by atoms with E-state index in [1.165, 1.54) is 0 Å². The maximum Gasteiger partial charge on any atom is 0.307 e. The first-order valence-corrected chi connectivity index (χ1v) is 5.95. The fourth-order valence-electron chi connectivity index (χ4n) is 2.17. The van der Waals surface area contributed by atoms with Crippen LogP contribution in [-0.2, 0) is 16.1 Å². The molecule has 5 heteroatoms. The molecular formula is C13H16N2O3. The van der Waals surface area contributed by atoms with Crippen molar-refractivity contribution in [1.82, 2.24) is 10.3 Å². The highest BCUT2D eigenvalue weighted by molar-refractivity contribution is 5.85. The van der Waals surface area contributed by atoms with Gasteiger partial charge in [-0.05, 0) is 24.5 Å². The SMILES string of the molecule is O=C(O)C1CC=CCC1C(=O)NCc1cc[nH]c1. The van der Waals surface area contributed by atoms with Crippen molar-refractivity contribution in [3.63, 3.8) is 0 Å². The molecule has 1 aromatic rings. The van der Waals surface area contributed by atoms with Crippen molar-refractivity contribution in [2.45, 2.75) is 19.4 Å². The zero-order valence-electron chi connectivity index (χ0n) is 9.93. The fraction of sp³-hybridized carbons (Fsp3) is 0.385. The molecular weight excluding hydrogens is 232 g/mol. The second-order valence-corrected chi connectivity index (χ2v) is 4.43. The Balaban J connectivity index is 1.94. The van der Waals surface area contributed by atoms with E-state index >= 15 is 0 Å². The van der Waals surface area contributed by atoms with Gasteiger partial charge in [0.05, 0.1) is 11.8 Å². The molecule has 0 bridgehead atoms. The lowest BCUT2D eigenvalue weighted by Gasteiger charge is -2.24. The van der Waals surface area contributed by atoms with Crippen molar-refractivity contribution >= 4 is 11.9 Å². The minimum atomic E-state index is -0.902. The lowest BCUT2D eigenvalue weighted by molar-refractivity contribution is -0.147. The van der Waals surface area contributed by atoms with Gasteiger partial charge in [0.15, 0.2) is 0 Å². The molecule has 0 saturated heterocycles. The number of nitrogens with one attached hydrogen (secondary N) is 2. The van der Waals surface area contributed by atoms with Crippen LogP contribution in [0.3, 0.4) is 0 Å². The van der Waals surface area contributed by atoms with E-state index in [-0.39, 0.29) is 5.91 Å². The number of carboxylic acids is 1. The predicted octanol–water partition coefficient (Wildman–Crippen LogP) is 1.30. The quantitative estimate of drug-likeness (QED) is 0.702. The van der Waals surface area contributed by atoms with Gasteiger partial charge in [0, 0.05) is 18.9 Å². The summed E-state index contributed by atoms with van der Waals surface area (Å²) < 4.78 is 0. The Bertz CT molecular complexity index is 451. The molecule has 0 aromatic carbocycles. The first kappa shape index (κ1) is 12.4. The minimum absolute atomic E-state index is 0.187. The lowest BCUT2D eigenvalue weighted by Crippen LogP contribution is -2.38. The summed E-state index contributed by atoms with van der Waals surface area (Å²) in [6.07, 6.45) is 8.21. The van der Waals surface area contributed by atoms with E-state index in [0.717, 1.165) is 5.56 Å². The van der Waals surface area contributed by atoms with Gasteiger partial charge in [0.25, 0.3) is 0 Å². The molecule has 1 amide bonds. The van der Waals surface area contributed by atoms with Crippen LogP contribution in [-0.4, -0.2) is 22.0 Å². The molecule has 2 atom stereocenters. The van der Waals surface area contributed by atoms with Crippen LogP contribution in [0.5, 0.6) is 0 Å². The molecule has 0 aliphatic heterocycles. The zero-order chi connectivity index (χ0) is 13.0. The summed E-state index contributed by atoms with van der Waals surface area (Å²) >= 11 is 0. The van der Waals surface area contributed by atoms with E-state index in [2.05, 4.69) is 10.3 Å². The lowest BCUT2D eigenvalue weighted by atomic mass is 9.82. The third-order valence-corrected chi connectivity index (χ3v) is 3.22. The summed E-state index contributed by atoms with van der Waals surface area (Å²) in [7, 11) is 0. The van der Waals surface area contributed by atoms with Crippen LogP contribution < -0.4 is 5.32 Å². The summed E-state index contributed by atoms with van der Waals surface area (Å²) in [5.41, 5.74) is 0.974. The Labute approximate surface area is 105 Å². The summed E-state index contributed by atoms with van der Waals surface area (Å²) in [5.74, 6) is -2.17. The van der Waals surface area contributed by atoms with Gasteiger partial charge in [-0.1, -0.05) is 12.2 Å². The second-order valence-electron chi connectivity index (χ2n) is 4.43. The standard InChI is InChI=1S/C13H16N2O3/c16-12(15-8-9-5-6-14-7-9)10-3-1-2-4-11(10)13(17)18/h1-2,5-7,10-11,14H,3-4,8H2,(H,15,16)(H,17,18). The maximum absolute atomic E-state index is 12.0. The van der Waals surface area contributed by atoms with Gasteiger partial charge >= 0.3 is 5.97 Å². The smallest absolute Gasteiger partial charge is 0.307 e. The Morgan fingerprint density at radius 2 is 2.06 bits per heavy atom. The van der Waals surface area contributed by atoms with E-state index in [1.807, 2.05) is 18.2 Å². The number of amides is 1. The van der Waals surface area contributed by atoms with Crippen molar-refractivity contribution in [3.8, 4) is 0 Å². The fourth-order valence-corrected chi connectivity index (χ4v) is 2.17. The first-order valence-electron chi connectivity index (χ1n) is 5.95. The first-order chi connectivity index (χ1) is 8.68. The molecule has 1 aliphatic carbocycles. The number of carboxylic acid groups (broad SMARTS) is 1. The van der Waals surface area contributed by atoms with Crippen molar-refractivity contribution in [1.29, 1.82) is 0 Å². The summed E-state index contributed by atoms with van der Waals surface area (Å²) in [6.45, 7) is 0.425. The van der Waals surface area contributed by atoms with Gasteiger partial charge in [0.1, 0.15) is 0 Å². The number of aliphatic carboxylic acids is 1. The van der Waals surface area contributed by atoms with E-state index < -0.39 is 17.8 Å². The largest absolute Gasteiger partial charge is 0.481 e. The highest BCUT2D eigenvalue weighted by Crippen LogP contribution is 2.26. The Morgan fingerprint density at radius 1 is 1.33 bits per heavy atom. The molecule has 2 unspecified atom stereocenters. The number of carbonyl (C=O) groups excluding carboxylic acids is 1. The van der Waals surface area contributed by atoms with E-state index in [9.17, 15) is 9.59 Å². The summed E-state index contributed by atoms with van der Waals surface area (Å²) in [6, 6.07) is 1.87. The molecule has 1 aromatic heterocycles. The van der Waals surface area contributed by atoms with Crippen LogP contribution in [0, 0.1) is 11.8 Å². The van der Waals surface area contributed by atoms with Crippen molar-refractivity contribution in [2.75, 3.05) is 0 Å². The Morgan fingerprint density at radius 3 is 2.67 bits per heavy atom. The van der Waals surface area contributed by atoms with E-state index in [0.29, 0.717) is 19.4 Å². The normalized spacial score (nSPS) is 22.7. The Hall–Kier alpha value is -2.04. The number of aromatic nitrogens is 1. The van der Waals surface area contributed by atoms with Gasteiger partial charge < -0.3 is 15.4 Å². The zero-order valence-corrected chi connectivity index (χ0v) is 9.93. The van der Waals surface area contributed by atoms with Gasteiger partial charge in [-0.15, -0.1) is 0 Å². The molecule has 2 rings (SSSR count). The number of allylic oxidation sites excluding steroid dienone is 2. The molecule has 1 aliphatic rings. The van der Waals surface area contributed by atoms with Gasteiger partial charge in [-0.25, -0.2) is 0 Å². The van der Waals surface area contributed by atoms with Crippen LogP contribution in [0.2, 0.25) is 0 Å². The molecule has 0 saturated carbocycles. The number of hydrogen-bond donors (Lipinski definition) is 3. The average molecular weight is 248 g/mol. The molecule has 0 spiro atoms. The van der Waals surface area contributed by atoms with Crippen LogP contribution in [0.1, 0.15) is 18.4 Å². The molecule has 0 fully saturated rings. The van der Waals surface area contributed by atoms with Crippen molar-refractivity contribution in [3.05, 3.63) is 36.2 Å². The number of aromatic amines is 1.